The summed E-state index contributed by atoms with van der Waals surface area (Å²) in [5.74, 6) is 0.245. The van der Waals surface area contributed by atoms with Crippen LogP contribution in [0, 0.1) is 12.3 Å². The van der Waals surface area contributed by atoms with E-state index in [1.165, 1.54) is 6.92 Å². The van der Waals surface area contributed by atoms with Crippen molar-refractivity contribution in [3.8, 4) is 5.75 Å². The van der Waals surface area contributed by atoms with Crippen LogP contribution in [0.2, 0.25) is 0 Å². The number of fused-ring (bicyclic) bond motifs is 1. The first-order chi connectivity index (χ1) is 15.6. The van der Waals surface area contributed by atoms with E-state index in [1.807, 2.05) is 54.5 Å². The Hall–Kier alpha value is -3.22. The van der Waals surface area contributed by atoms with Gasteiger partial charge in [0.25, 0.3) is 0 Å². The number of carbonyl (C=O) groups excluding carboxylic acids is 2. The van der Waals surface area contributed by atoms with Crippen molar-refractivity contribution in [2.75, 3.05) is 6.54 Å². The van der Waals surface area contributed by atoms with Gasteiger partial charge in [0, 0.05) is 48.0 Å². The average molecular weight is 465 g/mol. The first-order valence-corrected chi connectivity index (χ1v) is 11.6. The third-order valence-electron chi connectivity index (χ3n) is 6.21. The number of nitrogens with one attached hydrogen (secondary N) is 2. The van der Waals surface area contributed by atoms with Gasteiger partial charge in [-0.3, -0.25) is 15.0 Å². The molecule has 7 heteroatoms. The van der Waals surface area contributed by atoms with Crippen molar-refractivity contribution in [3.05, 3.63) is 57.4 Å². The maximum Gasteiger partial charge on any atom is 0.217 e. The first-order valence-electron chi connectivity index (χ1n) is 11.6. The van der Waals surface area contributed by atoms with Crippen molar-refractivity contribution >= 4 is 17.5 Å². The van der Waals surface area contributed by atoms with Crippen LogP contribution in [0.4, 0.5) is 0 Å². The number of aromatic nitrogens is 1. The zero-order chi connectivity index (χ0) is 25.6. The minimum Gasteiger partial charge on any atom is -0.507 e. The van der Waals surface area contributed by atoms with Crippen LogP contribution in [0.1, 0.15) is 92.5 Å². The van der Waals surface area contributed by atoms with E-state index in [-0.39, 0.29) is 40.7 Å². The van der Waals surface area contributed by atoms with Crippen LogP contribution in [-0.4, -0.2) is 39.1 Å². The number of aryl methyl sites for hydroxylation is 1. The van der Waals surface area contributed by atoms with Crippen molar-refractivity contribution < 1.29 is 14.7 Å². The SMILES string of the molecule is CC(=O)NCc1cc2c(nc1C)C(=N)N(CC(=O)c1cc(C(C)(C)C)c(O)c(C(C)(C)C)c1)C2. The number of carbonyl (C=O) groups is 2. The van der Waals surface area contributed by atoms with Gasteiger partial charge in [-0.1, -0.05) is 41.5 Å². The lowest BCUT2D eigenvalue weighted by molar-refractivity contribution is -0.119. The second kappa shape index (κ2) is 8.85. The predicted molar refractivity (Wildman–Crippen MR) is 134 cm³/mol. The number of amidine groups is 1. The fraction of sp³-hybridized carbons (Fsp3) is 0.481. The van der Waals surface area contributed by atoms with Gasteiger partial charge >= 0.3 is 0 Å². The largest absolute Gasteiger partial charge is 0.507 e. The van der Waals surface area contributed by atoms with E-state index in [9.17, 15) is 14.7 Å². The molecule has 1 amide bonds. The summed E-state index contributed by atoms with van der Waals surface area (Å²) in [6.07, 6.45) is 0. The molecule has 0 fully saturated rings. The summed E-state index contributed by atoms with van der Waals surface area (Å²) in [4.78, 5) is 31.0. The van der Waals surface area contributed by atoms with Gasteiger partial charge in [0.05, 0.1) is 6.54 Å². The van der Waals surface area contributed by atoms with E-state index in [1.54, 1.807) is 17.0 Å². The van der Waals surface area contributed by atoms with Crippen LogP contribution in [0.3, 0.4) is 0 Å². The lowest BCUT2D eigenvalue weighted by atomic mass is 9.78. The Bertz CT molecular complexity index is 1130. The van der Waals surface area contributed by atoms with Crippen molar-refractivity contribution in [2.45, 2.75) is 79.3 Å². The Kier molecular flexibility index (Phi) is 6.62. The van der Waals surface area contributed by atoms with E-state index >= 15 is 0 Å². The molecular formula is C27H36N4O3. The van der Waals surface area contributed by atoms with Crippen LogP contribution < -0.4 is 5.32 Å². The van der Waals surface area contributed by atoms with Crippen molar-refractivity contribution in [2.24, 2.45) is 0 Å². The van der Waals surface area contributed by atoms with Crippen molar-refractivity contribution in [1.29, 1.82) is 5.41 Å². The third-order valence-corrected chi connectivity index (χ3v) is 6.21. The van der Waals surface area contributed by atoms with Gasteiger partial charge in [-0.2, -0.15) is 0 Å². The summed E-state index contributed by atoms with van der Waals surface area (Å²) in [5.41, 5.74) is 4.46. The number of phenolic OH excluding ortho intramolecular Hbond substituents is 1. The molecule has 0 bridgehead atoms. The number of ketones is 1. The molecule has 0 spiro atoms. The smallest absolute Gasteiger partial charge is 0.217 e. The number of aromatic hydroxyl groups is 1. The number of amides is 1. The third kappa shape index (κ3) is 5.13. The van der Waals surface area contributed by atoms with Gasteiger partial charge < -0.3 is 15.3 Å². The minimum absolute atomic E-state index is 0.0488. The molecule has 1 aromatic heterocycles. The Labute approximate surface area is 202 Å². The van der Waals surface area contributed by atoms with E-state index in [4.69, 9.17) is 5.41 Å². The van der Waals surface area contributed by atoms with Crippen LogP contribution in [0.15, 0.2) is 18.2 Å². The summed E-state index contributed by atoms with van der Waals surface area (Å²) in [7, 11) is 0. The normalized spacial score (nSPS) is 13.8. The second-order valence-electron chi connectivity index (χ2n) is 11.2. The molecule has 7 nitrogen and oxygen atoms in total. The molecule has 3 N–H and O–H groups in total. The zero-order valence-electron chi connectivity index (χ0n) is 21.5. The van der Waals surface area contributed by atoms with Crippen LogP contribution >= 0.6 is 0 Å². The lowest BCUT2D eigenvalue weighted by Gasteiger charge is -2.28. The lowest BCUT2D eigenvalue weighted by Crippen LogP contribution is -2.31. The summed E-state index contributed by atoms with van der Waals surface area (Å²) in [6.45, 7) is 16.3. The molecular weight excluding hydrogens is 428 g/mol. The number of hydrogen-bond donors (Lipinski definition) is 3. The summed E-state index contributed by atoms with van der Waals surface area (Å²) < 4.78 is 0. The van der Waals surface area contributed by atoms with Crippen LogP contribution in [-0.2, 0) is 28.7 Å². The highest BCUT2D eigenvalue weighted by atomic mass is 16.3. The minimum atomic E-state index is -0.331. The van der Waals surface area contributed by atoms with Gasteiger partial charge in [-0.05, 0) is 41.5 Å². The van der Waals surface area contributed by atoms with Gasteiger partial charge in [0.15, 0.2) is 5.78 Å². The summed E-state index contributed by atoms with van der Waals surface area (Å²) >= 11 is 0. The van der Waals surface area contributed by atoms with Gasteiger partial charge in [-0.25, -0.2) is 4.98 Å². The van der Waals surface area contributed by atoms with Crippen LogP contribution in [0.5, 0.6) is 5.75 Å². The standard InChI is InChI=1S/C27H36N4O3/c1-15-18(12-29-16(2)32)9-19-13-31(25(28)23(19)30-15)14-22(33)17-10-20(26(3,4)5)24(34)21(11-17)27(6,7)8/h9-11,28,34H,12-14H2,1-8H3,(H,29,32). The fourth-order valence-corrected chi connectivity index (χ4v) is 4.19. The Morgan fingerprint density at radius 1 is 1.09 bits per heavy atom. The number of rotatable bonds is 5. The molecule has 1 aromatic carbocycles. The van der Waals surface area contributed by atoms with E-state index in [0.717, 1.165) is 27.9 Å². The highest BCUT2D eigenvalue weighted by Crippen LogP contribution is 2.40. The monoisotopic (exact) mass is 464 g/mol. The number of Topliss-reactive ketones (excluding diaryl/α,β-unsaturated/α-hetero) is 1. The number of benzene rings is 1. The number of phenols is 1. The predicted octanol–water partition coefficient (Wildman–Crippen LogP) is 4.35. The molecule has 0 unspecified atom stereocenters. The molecule has 0 radical (unpaired) electrons. The molecule has 0 saturated carbocycles. The van der Waals surface area contributed by atoms with E-state index < -0.39 is 0 Å². The summed E-state index contributed by atoms with van der Waals surface area (Å²) in [6, 6.07) is 5.53. The quantitative estimate of drug-likeness (QED) is 0.571. The van der Waals surface area contributed by atoms with Gasteiger partial charge in [0.1, 0.15) is 17.3 Å². The number of hydrogen-bond acceptors (Lipinski definition) is 5. The van der Waals surface area contributed by atoms with Crippen molar-refractivity contribution in [1.82, 2.24) is 15.2 Å². The van der Waals surface area contributed by atoms with E-state index in [0.29, 0.717) is 24.3 Å². The average Bonchev–Trinajstić information content (AvgIpc) is 2.99. The van der Waals surface area contributed by atoms with E-state index in [2.05, 4.69) is 10.3 Å². The van der Waals surface area contributed by atoms with Crippen molar-refractivity contribution in [3.63, 3.8) is 0 Å². The second-order valence-corrected chi connectivity index (χ2v) is 11.2. The van der Waals surface area contributed by atoms with Crippen LogP contribution in [0.25, 0.3) is 0 Å². The molecule has 3 rings (SSSR count). The Morgan fingerprint density at radius 3 is 2.15 bits per heavy atom. The zero-order valence-corrected chi connectivity index (χ0v) is 21.5. The maximum absolute atomic E-state index is 13.4. The molecule has 1 aliphatic heterocycles. The Balaban J connectivity index is 1.89. The molecule has 182 valence electrons. The number of nitrogens with zero attached hydrogens (tertiary/aromatic N) is 2. The first kappa shape index (κ1) is 25.4. The van der Waals surface area contributed by atoms with Gasteiger partial charge in [-0.15, -0.1) is 0 Å². The Morgan fingerprint density at radius 2 is 1.65 bits per heavy atom. The molecule has 0 atom stereocenters. The molecule has 2 aromatic rings. The highest BCUT2D eigenvalue weighted by molar-refractivity contribution is 6.04. The summed E-state index contributed by atoms with van der Waals surface area (Å²) in [5, 5.41) is 22.3. The topological polar surface area (TPSA) is 106 Å². The maximum atomic E-state index is 13.4. The highest BCUT2D eigenvalue weighted by Gasteiger charge is 2.31. The molecule has 0 saturated heterocycles. The molecule has 34 heavy (non-hydrogen) atoms. The fourth-order valence-electron chi connectivity index (χ4n) is 4.19. The molecule has 0 aliphatic carbocycles. The molecule has 1 aliphatic rings. The van der Waals surface area contributed by atoms with Gasteiger partial charge in [0.2, 0.25) is 5.91 Å². The number of pyridine rings is 1. The molecule has 2 heterocycles.